The molecule has 0 spiro atoms. The Morgan fingerprint density at radius 2 is 1.75 bits per heavy atom. The van der Waals surface area contributed by atoms with E-state index in [2.05, 4.69) is 10.1 Å². The molecule has 28 heavy (non-hydrogen) atoms. The van der Waals surface area contributed by atoms with Crippen molar-refractivity contribution in [1.29, 1.82) is 0 Å². The van der Waals surface area contributed by atoms with E-state index < -0.39 is 5.97 Å². The van der Waals surface area contributed by atoms with Gasteiger partial charge < -0.3 is 18.7 Å². The number of nitrogens with zero attached hydrogens (tertiary/aromatic N) is 2. The molecule has 0 unspecified atom stereocenters. The molecule has 0 bridgehead atoms. The molecule has 146 valence electrons. The Labute approximate surface area is 161 Å². The Bertz CT molecular complexity index is 940. The fourth-order valence-electron chi connectivity index (χ4n) is 2.42. The molecule has 0 atom stereocenters. The minimum Gasteiger partial charge on any atom is -0.490 e. The first-order chi connectivity index (χ1) is 13.6. The summed E-state index contributed by atoms with van der Waals surface area (Å²) in [7, 11) is 0. The summed E-state index contributed by atoms with van der Waals surface area (Å²) in [5, 5.41) is 3.80. The van der Waals surface area contributed by atoms with Crippen molar-refractivity contribution in [2.24, 2.45) is 0 Å². The van der Waals surface area contributed by atoms with E-state index in [1.165, 1.54) is 24.3 Å². The molecular weight excluding hydrogens is 367 g/mol. The first-order valence-corrected chi connectivity index (χ1v) is 8.76. The van der Waals surface area contributed by atoms with Gasteiger partial charge in [-0.15, -0.1) is 0 Å². The number of aromatic nitrogens is 2. The summed E-state index contributed by atoms with van der Waals surface area (Å²) in [6, 6.07) is 10.5. The fourth-order valence-corrected chi connectivity index (χ4v) is 2.42. The second kappa shape index (κ2) is 8.98. The summed E-state index contributed by atoms with van der Waals surface area (Å²) in [5.74, 6) is 0.514. The van der Waals surface area contributed by atoms with Gasteiger partial charge in [0.05, 0.1) is 18.8 Å². The van der Waals surface area contributed by atoms with Gasteiger partial charge in [-0.25, -0.2) is 9.18 Å². The van der Waals surface area contributed by atoms with Crippen molar-refractivity contribution in [3.63, 3.8) is 0 Å². The normalized spacial score (nSPS) is 10.5. The van der Waals surface area contributed by atoms with Crippen LogP contribution in [-0.4, -0.2) is 29.3 Å². The zero-order valence-corrected chi connectivity index (χ0v) is 15.5. The highest BCUT2D eigenvalue weighted by molar-refractivity contribution is 5.90. The van der Waals surface area contributed by atoms with Gasteiger partial charge >= 0.3 is 5.97 Å². The van der Waals surface area contributed by atoms with Crippen LogP contribution in [0.4, 0.5) is 4.39 Å². The summed E-state index contributed by atoms with van der Waals surface area (Å²) in [4.78, 5) is 16.4. The third-order valence-electron chi connectivity index (χ3n) is 3.68. The van der Waals surface area contributed by atoms with Gasteiger partial charge in [-0.05, 0) is 56.3 Å². The first kappa shape index (κ1) is 19.3. The van der Waals surface area contributed by atoms with Gasteiger partial charge in [0.25, 0.3) is 5.89 Å². The van der Waals surface area contributed by atoms with Crippen LogP contribution in [0.1, 0.15) is 30.1 Å². The molecule has 3 aromatic rings. The largest absolute Gasteiger partial charge is 0.490 e. The maximum absolute atomic E-state index is 13.0. The second-order valence-corrected chi connectivity index (χ2v) is 5.62. The van der Waals surface area contributed by atoms with Crippen LogP contribution in [0.15, 0.2) is 47.0 Å². The number of esters is 1. The third-order valence-corrected chi connectivity index (χ3v) is 3.68. The van der Waals surface area contributed by atoms with Gasteiger partial charge in [0.15, 0.2) is 18.1 Å². The molecule has 0 N–H and O–H groups in total. The lowest BCUT2D eigenvalue weighted by atomic mass is 10.2. The van der Waals surface area contributed by atoms with Gasteiger partial charge in [-0.2, -0.15) is 4.98 Å². The molecule has 0 saturated heterocycles. The van der Waals surface area contributed by atoms with Crippen LogP contribution in [0.25, 0.3) is 11.4 Å². The Balaban J connectivity index is 1.65. The molecule has 0 saturated carbocycles. The number of rotatable bonds is 8. The Morgan fingerprint density at radius 1 is 1.04 bits per heavy atom. The number of hydrogen-bond donors (Lipinski definition) is 0. The standard InChI is InChI=1S/C20H19FN2O5/c1-3-25-16-10-7-14(11-17(16)26-4-2)20(24)27-12-18-22-19(23-28-18)13-5-8-15(21)9-6-13/h5-11H,3-4,12H2,1-2H3. The van der Waals surface area contributed by atoms with Crippen LogP contribution in [-0.2, 0) is 11.3 Å². The average Bonchev–Trinajstić information content (AvgIpc) is 3.17. The number of halogens is 1. The van der Waals surface area contributed by atoms with E-state index in [0.29, 0.717) is 35.8 Å². The molecule has 0 aliphatic rings. The van der Waals surface area contributed by atoms with Crippen LogP contribution in [0, 0.1) is 5.82 Å². The lowest BCUT2D eigenvalue weighted by Gasteiger charge is -2.11. The third kappa shape index (κ3) is 4.64. The lowest BCUT2D eigenvalue weighted by molar-refractivity contribution is 0.0429. The predicted molar refractivity (Wildman–Crippen MR) is 97.6 cm³/mol. The molecule has 1 aromatic heterocycles. The number of benzene rings is 2. The van der Waals surface area contributed by atoms with Crippen LogP contribution in [0.2, 0.25) is 0 Å². The van der Waals surface area contributed by atoms with Crippen LogP contribution < -0.4 is 9.47 Å². The van der Waals surface area contributed by atoms with Crippen molar-refractivity contribution in [3.8, 4) is 22.9 Å². The number of carbonyl (C=O) groups is 1. The molecule has 8 heteroatoms. The molecule has 0 radical (unpaired) electrons. The molecule has 0 fully saturated rings. The van der Waals surface area contributed by atoms with E-state index >= 15 is 0 Å². The maximum Gasteiger partial charge on any atom is 0.338 e. The molecule has 0 aliphatic carbocycles. The monoisotopic (exact) mass is 386 g/mol. The van der Waals surface area contributed by atoms with E-state index in [4.69, 9.17) is 18.7 Å². The second-order valence-electron chi connectivity index (χ2n) is 5.62. The van der Waals surface area contributed by atoms with Gasteiger partial charge in [0, 0.05) is 5.56 Å². The fraction of sp³-hybridized carbons (Fsp3) is 0.250. The smallest absolute Gasteiger partial charge is 0.338 e. The summed E-state index contributed by atoms with van der Waals surface area (Å²) in [6.07, 6.45) is 0. The Kier molecular flexibility index (Phi) is 6.21. The molecule has 0 aliphatic heterocycles. The lowest BCUT2D eigenvalue weighted by Crippen LogP contribution is -2.07. The number of hydrogen-bond acceptors (Lipinski definition) is 7. The molecular formula is C20H19FN2O5. The van der Waals surface area contributed by atoms with Crippen molar-refractivity contribution in [2.45, 2.75) is 20.5 Å². The zero-order chi connectivity index (χ0) is 19.9. The van der Waals surface area contributed by atoms with Gasteiger partial charge in [-0.1, -0.05) is 5.16 Å². The van der Waals surface area contributed by atoms with Crippen molar-refractivity contribution < 1.29 is 27.9 Å². The number of carbonyl (C=O) groups excluding carboxylic acids is 1. The summed E-state index contributed by atoms with van der Waals surface area (Å²) in [6.45, 7) is 4.44. The van der Waals surface area contributed by atoms with Crippen LogP contribution >= 0.6 is 0 Å². The van der Waals surface area contributed by atoms with Gasteiger partial charge in [-0.3, -0.25) is 0 Å². The van der Waals surface area contributed by atoms with Gasteiger partial charge in [0.2, 0.25) is 5.82 Å². The summed E-state index contributed by atoms with van der Waals surface area (Å²) < 4.78 is 34.3. The van der Waals surface area contributed by atoms with E-state index in [-0.39, 0.29) is 24.1 Å². The van der Waals surface area contributed by atoms with Crippen molar-refractivity contribution in [3.05, 3.63) is 59.7 Å². The van der Waals surface area contributed by atoms with Gasteiger partial charge in [0.1, 0.15) is 5.82 Å². The molecule has 7 nitrogen and oxygen atoms in total. The predicted octanol–water partition coefficient (Wildman–Crippen LogP) is 4.03. The average molecular weight is 386 g/mol. The quantitative estimate of drug-likeness (QED) is 0.541. The van der Waals surface area contributed by atoms with Crippen molar-refractivity contribution in [1.82, 2.24) is 10.1 Å². The van der Waals surface area contributed by atoms with E-state index in [9.17, 15) is 9.18 Å². The highest BCUT2D eigenvalue weighted by atomic mass is 19.1. The van der Waals surface area contributed by atoms with Crippen LogP contribution in [0.3, 0.4) is 0 Å². The molecule has 2 aromatic carbocycles. The topological polar surface area (TPSA) is 83.7 Å². The first-order valence-electron chi connectivity index (χ1n) is 8.76. The maximum atomic E-state index is 13.0. The number of ether oxygens (including phenoxy) is 3. The minimum absolute atomic E-state index is 0.128. The summed E-state index contributed by atoms with van der Waals surface area (Å²) >= 11 is 0. The van der Waals surface area contributed by atoms with Crippen molar-refractivity contribution >= 4 is 5.97 Å². The Morgan fingerprint density at radius 3 is 2.46 bits per heavy atom. The summed E-state index contributed by atoms with van der Waals surface area (Å²) in [5.41, 5.74) is 0.903. The highest BCUT2D eigenvalue weighted by Crippen LogP contribution is 2.29. The Hall–Kier alpha value is -3.42. The van der Waals surface area contributed by atoms with E-state index in [0.717, 1.165) is 0 Å². The zero-order valence-electron chi connectivity index (χ0n) is 15.5. The van der Waals surface area contributed by atoms with E-state index in [1.54, 1.807) is 18.2 Å². The molecule has 3 rings (SSSR count). The molecule has 0 amide bonds. The SMILES string of the molecule is CCOc1ccc(C(=O)OCc2nc(-c3ccc(F)cc3)no2)cc1OCC. The highest BCUT2D eigenvalue weighted by Gasteiger charge is 2.15. The van der Waals surface area contributed by atoms with E-state index in [1.807, 2.05) is 13.8 Å². The van der Waals surface area contributed by atoms with Crippen molar-refractivity contribution in [2.75, 3.05) is 13.2 Å². The minimum atomic E-state index is -0.564. The van der Waals surface area contributed by atoms with Crippen LogP contribution in [0.5, 0.6) is 11.5 Å². The molecule has 1 heterocycles.